The number of nitrogens with one attached hydrogen (secondary N) is 3. The highest BCUT2D eigenvalue weighted by Gasteiger charge is 2.16. The number of rotatable bonds is 8. The van der Waals surface area contributed by atoms with Gasteiger partial charge >= 0.3 is 0 Å². The Bertz CT molecular complexity index is 770. The molecule has 5 nitrogen and oxygen atoms in total. The maximum Gasteiger partial charge on any atom is 0.251 e. The molecule has 0 saturated heterocycles. The summed E-state index contributed by atoms with van der Waals surface area (Å²) in [7, 11) is 0. The summed E-state index contributed by atoms with van der Waals surface area (Å²) in [6, 6.07) is 17.7. The SMILES string of the molecule is O=C(CNc1cccc(C(=O)NC2CCCCC2)c1)NCCc1ccccc1. The number of hydrogen-bond donors (Lipinski definition) is 3. The molecule has 0 unspecified atom stereocenters. The molecule has 0 bridgehead atoms. The predicted molar refractivity (Wildman–Crippen MR) is 112 cm³/mol. The average Bonchev–Trinajstić information content (AvgIpc) is 2.74. The van der Waals surface area contributed by atoms with Gasteiger partial charge in [0.2, 0.25) is 5.91 Å². The highest BCUT2D eigenvalue weighted by molar-refractivity contribution is 5.95. The van der Waals surface area contributed by atoms with Gasteiger partial charge in [-0.25, -0.2) is 0 Å². The van der Waals surface area contributed by atoms with Crippen LogP contribution in [0.3, 0.4) is 0 Å². The van der Waals surface area contributed by atoms with Crippen molar-refractivity contribution in [1.29, 1.82) is 0 Å². The molecule has 0 atom stereocenters. The summed E-state index contributed by atoms with van der Waals surface area (Å²) >= 11 is 0. The molecule has 2 aromatic carbocycles. The Labute approximate surface area is 166 Å². The number of anilines is 1. The zero-order chi connectivity index (χ0) is 19.6. The first-order valence-electron chi connectivity index (χ1n) is 10.2. The van der Waals surface area contributed by atoms with Gasteiger partial charge in [-0.15, -0.1) is 0 Å². The van der Waals surface area contributed by atoms with E-state index in [0.717, 1.165) is 24.9 Å². The van der Waals surface area contributed by atoms with Gasteiger partial charge in [0.15, 0.2) is 0 Å². The Hall–Kier alpha value is -2.82. The zero-order valence-corrected chi connectivity index (χ0v) is 16.2. The van der Waals surface area contributed by atoms with E-state index >= 15 is 0 Å². The minimum Gasteiger partial charge on any atom is -0.376 e. The van der Waals surface area contributed by atoms with Gasteiger partial charge in [0.25, 0.3) is 5.91 Å². The molecular weight excluding hydrogens is 350 g/mol. The van der Waals surface area contributed by atoms with E-state index in [1.54, 1.807) is 6.07 Å². The van der Waals surface area contributed by atoms with Gasteiger partial charge < -0.3 is 16.0 Å². The fraction of sp³-hybridized carbons (Fsp3) is 0.391. The van der Waals surface area contributed by atoms with E-state index in [9.17, 15) is 9.59 Å². The lowest BCUT2D eigenvalue weighted by atomic mass is 9.95. The van der Waals surface area contributed by atoms with Gasteiger partial charge in [-0.1, -0.05) is 55.7 Å². The van der Waals surface area contributed by atoms with Crippen molar-refractivity contribution in [2.75, 3.05) is 18.4 Å². The van der Waals surface area contributed by atoms with E-state index in [2.05, 4.69) is 16.0 Å². The van der Waals surface area contributed by atoms with Crippen molar-refractivity contribution in [3.63, 3.8) is 0 Å². The zero-order valence-electron chi connectivity index (χ0n) is 16.2. The van der Waals surface area contributed by atoms with Crippen molar-refractivity contribution < 1.29 is 9.59 Å². The lowest BCUT2D eigenvalue weighted by molar-refractivity contribution is -0.119. The molecule has 0 spiro atoms. The Morgan fingerprint density at radius 3 is 2.50 bits per heavy atom. The lowest BCUT2D eigenvalue weighted by Gasteiger charge is -2.22. The van der Waals surface area contributed by atoms with E-state index < -0.39 is 0 Å². The van der Waals surface area contributed by atoms with Crippen LogP contribution in [0.2, 0.25) is 0 Å². The van der Waals surface area contributed by atoms with E-state index in [4.69, 9.17) is 0 Å². The fourth-order valence-electron chi connectivity index (χ4n) is 3.52. The quantitative estimate of drug-likeness (QED) is 0.657. The van der Waals surface area contributed by atoms with Crippen LogP contribution in [0.15, 0.2) is 54.6 Å². The molecule has 0 aromatic heterocycles. The summed E-state index contributed by atoms with van der Waals surface area (Å²) < 4.78 is 0. The molecule has 0 radical (unpaired) electrons. The van der Waals surface area contributed by atoms with Crippen LogP contribution >= 0.6 is 0 Å². The molecule has 1 aliphatic rings. The van der Waals surface area contributed by atoms with Gasteiger partial charge in [-0.05, 0) is 43.0 Å². The normalized spacial score (nSPS) is 14.3. The topological polar surface area (TPSA) is 70.2 Å². The van der Waals surface area contributed by atoms with Crippen molar-refractivity contribution in [3.8, 4) is 0 Å². The second kappa shape index (κ2) is 10.5. The maximum absolute atomic E-state index is 12.5. The summed E-state index contributed by atoms with van der Waals surface area (Å²) in [4.78, 5) is 24.5. The Kier molecular flexibility index (Phi) is 7.47. The highest BCUT2D eigenvalue weighted by atomic mass is 16.2. The van der Waals surface area contributed by atoms with Crippen molar-refractivity contribution in [1.82, 2.24) is 10.6 Å². The van der Waals surface area contributed by atoms with Gasteiger partial charge in [-0.2, -0.15) is 0 Å². The highest BCUT2D eigenvalue weighted by Crippen LogP contribution is 2.18. The second-order valence-corrected chi connectivity index (χ2v) is 7.33. The molecule has 2 amide bonds. The number of hydrogen-bond acceptors (Lipinski definition) is 3. The summed E-state index contributed by atoms with van der Waals surface area (Å²) in [5.41, 5.74) is 2.60. The largest absolute Gasteiger partial charge is 0.376 e. The molecule has 3 rings (SSSR count). The maximum atomic E-state index is 12.5. The third-order valence-electron chi connectivity index (χ3n) is 5.10. The smallest absolute Gasteiger partial charge is 0.251 e. The fourth-order valence-corrected chi connectivity index (χ4v) is 3.52. The van der Waals surface area contributed by atoms with Crippen LogP contribution in [0, 0.1) is 0 Å². The van der Waals surface area contributed by atoms with E-state index in [0.29, 0.717) is 12.1 Å². The number of carbonyl (C=O) groups excluding carboxylic acids is 2. The molecule has 28 heavy (non-hydrogen) atoms. The molecule has 0 aliphatic heterocycles. The van der Waals surface area contributed by atoms with Crippen molar-refractivity contribution >= 4 is 17.5 Å². The minimum absolute atomic E-state index is 0.0390. The lowest BCUT2D eigenvalue weighted by Crippen LogP contribution is -2.36. The second-order valence-electron chi connectivity index (χ2n) is 7.33. The van der Waals surface area contributed by atoms with Gasteiger partial charge in [-0.3, -0.25) is 9.59 Å². The molecule has 2 aromatic rings. The van der Waals surface area contributed by atoms with Gasteiger partial charge in [0.1, 0.15) is 0 Å². The Morgan fingerprint density at radius 2 is 1.71 bits per heavy atom. The van der Waals surface area contributed by atoms with E-state index in [1.165, 1.54) is 24.8 Å². The minimum atomic E-state index is -0.0620. The van der Waals surface area contributed by atoms with Gasteiger partial charge in [0, 0.05) is 23.8 Å². The van der Waals surface area contributed by atoms with Crippen LogP contribution < -0.4 is 16.0 Å². The molecule has 5 heteroatoms. The Morgan fingerprint density at radius 1 is 0.929 bits per heavy atom. The van der Waals surface area contributed by atoms with E-state index in [1.807, 2.05) is 48.5 Å². The Balaban J connectivity index is 1.42. The average molecular weight is 380 g/mol. The first kappa shape index (κ1) is 19.9. The molecule has 1 saturated carbocycles. The number of amides is 2. The third kappa shape index (κ3) is 6.41. The van der Waals surface area contributed by atoms with Crippen molar-refractivity contribution in [2.45, 2.75) is 44.6 Å². The van der Waals surface area contributed by atoms with Crippen LogP contribution in [0.5, 0.6) is 0 Å². The number of carbonyl (C=O) groups is 2. The first-order chi connectivity index (χ1) is 13.7. The van der Waals surface area contributed by atoms with E-state index in [-0.39, 0.29) is 24.4 Å². The first-order valence-corrected chi connectivity index (χ1v) is 10.2. The van der Waals surface area contributed by atoms with Crippen LogP contribution in [0.1, 0.15) is 48.0 Å². The number of benzene rings is 2. The molecule has 148 valence electrons. The third-order valence-corrected chi connectivity index (χ3v) is 5.10. The van der Waals surface area contributed by atoms with Crippen molar-refractivity contribution in [2.24, 2.45) is 0 Å². The summed E-state index contributed by atoms with van der Waals surface area (Å²) in [5, 5.41) is 9.14. The van der Waals surface area contributed by atoms with Crippen molar-refractivity contribution in [3.05, 3.63) is 65.7 Å². The molecule has 1 aliphatic carbocycles. The monoisotopic (exact) mass is 379 g/mol. The van der Waals surface area contributed by atoms with Crippen LogP contribution in [0.25, 0.3) is 0 Å². The van der Waals surface area contributed by atoms with Crippen LogP contribution in [0.4, 0.5) is 5.69 Å². The summed E-state index contributed by atoms with van der Waals surface area (Å²) in [6.45, 7) is 0.789. The molecule has 3 N–H and O–H groups in total. The summed E-state index contributed by atoms with van der Waals surface area (Å²) in [6.07, 6.45) is 6.57. The van der Waals surface area contributed by atoms with Crippen LogP contribution in [-0.4, -0.2) is 30.9 Å². The predicted octanol–water partition coefficient (Wildman–Crippen LogP) is 3.52. The van der Waals surface area contributed by atoms with Crippen LogP contribution in [-0.2, 0) is 11.2 Å². The molecule has 1 fully saturated rings. The molecule has 0 heterocycles. The standard InChI is InChI=1S/C23H29N3O2/c27-22(24-15-14-18-8-3-1-4-9-18)17-25-21-13-7-10-19(16-21)23(28)26-20-11-5-2-6-12-20/h1,3-4,7-10,13,16,20,25H,2,5-6,11-12,14-15,17H2,(H,24,27)(H,26,28). The molecular formula is C23H29N3O2. The summed E-state index contributed by atoms with van der Waals surface area (Å²) in [5.74, 6) is -0.101. The van der Waals surface area contributed by atoms with Gasteiger partial charge in [0.05, 0.1) is 6.54 Å².